The van der Waals surface area contributed by atoms with Crippen molar-refractivity contribution in [3.8, 4) is 0 Å². The average molecular weight is 227 g/mol. The van der Waals surface area contributed by atoms with Crippen molar-refractivity contribution in [2.45, 2.75) is 39.7 Å². The Morgan fingerprint density at radius 1 is 1.19 bits per heavy atom. The van der Waals surface area contributed by atoms with Crippen LogP contribution in [0.15, 0.2) is 18.2 Å². The Hall–Kier alpha value is -0.960. The summed E-state index contributed by atoms with van der Waals surface area (Å²) in [4.78, 5) is 0. The fourth-order valence-corrected chi connectivity index (χ4v) is 1.90. The molecule has 1 N–H and O–H groups in total. The molecule has 0 amide bonds. The Kier molecular flexibility index (Phi) is 4.87. The SMILES string of the molecule is CCNC(Cc1c(C)cccc1C)C(F)F. The summed E-state index contributed by atoms with van der Waals surface area (Å²) >= 11 is 0. The Bertz CT molecular complexity index is 316. The largest absolute Gasteiger partial charge is 0.309 e. The number of hydrogen-bond acceptors (Lipinski definition) is 1. The predicted molar refractivity (Wildman–Crippen MR) is 63.1 cm³/mol. The molecule has 16 heavy (non-hydrogen) atoms. The van der Waals surface area contributed by atoms with Gasteiger partial charge < -0.3 is 5.32 Å². The molecule has 0 aliphatic carbocycles. The molecule has 1 aromatic rings. The van der Waals surface area contributed by atoms with Crippen LogP contribution in [0, 0.1) is 13.8 Å². The maximum atomic E-state index is 12.8. The summed E-state index contributed by atoms with van der Waals surface area (Å²) in [6, 6.07) is 5.15. The summed E-state index contributed by atoms with van der Waals surface area (Å²) in [5, 5.41) is 2.83. The third-order valence-electron chi connectivity index (χ3n) is 2.84. The minimum atomic E-state index is -2.32. The molecule has 1 unspecified atom stereocenters. The van der Waals surface area contributed by atoms with Gasteiger partial charge >= 0.3 is 0 Å². The van der Waals surface area contributed by atoms with Crippen LogP contribution in [0.2, 0.25) is 0 Å². The van der Waals surface area contributed by atoms with E-state index in [-0.39, 0.29) is 0 Å². The lowest BCUT2D eigenvalue weighted by Gasteiger charge is -2.19. The topological polar surface area (TPSA) is 12.0 Å². The quantitative estimate of drug-likeness (QED) is 0.815. The first-order valence-electron chi connectivity index (χ1n) is 5.62. The molecule has 1 nitrogen and oxygen atoms in total. The van der Waals surface area contributed by atoms with Gasteiger partial charge in [0, 0.05) is 0 Å². The number of likely N-dealkylation sites (N-methyl/N-ethyl adjacent to an activating group) is 1. The zero-order valence-electron chi connectivity index (χ0n) is 10.1. The van der Waals surface area contributed by atoms with Crippen molar-refractivity contribution in [3.05, 3.63) is 34.9 Å². The van der Waals surface area contributed by atoms with Crippen molar-refractivity contribution < 1.29 is 8.78 Å². The van der Waals surface area contributed by atoms with Gasteiger partial charge in [-0.15, -0.1) is 0 Å². The molecule has 0 spiro atoms. The summed E-state index contributed by atoms with van der Waals surface area (Å²) in [5.41, 5.74) is 3.21. The van der Waals surface area contributed by atoms with E-state index in [4.69, 9.17) is 0 Å². The molecule has 90 valence electrons. The van der Waals surface area contributed by atoms with Gasteiger partial charge in [0.2, 0.25) is 0 Å². The normalized spacial score (nSPS) is 13.1. The fraction of sp³-hybridized carbons (Fsp3) is 0.538. The van der Waals surface area contributed by atoms with Gasteiger partial charge in [-0.1, -0.05) is 25.1 Å². The fourth-order valence-electron chi connectivity index (χ4n) is 1.90. The van der Waals surface area contributed by atoms with Crippen LogP contribution >= 0.6 is 0 Å². The van der Waals surface area contributed by atoms with E-state index >= 15 is 0 Å². The van der Waals surface area contributed by atoms with Gasteiger partial charge in [-0.05, 0) is 43.5 Å². The first kappa shape index (κ1) is 13.1. The van der Waals surface area contributed by atoms with Crippen molar-refractivity contribution in [1.82, 2.24) is 5.32 Å². The van der Waals surface area contributed by atoms with Gasteiger partial charge in [0.1, 0.15) is 0 Å². The minimum Gasteiger partial charge on any atom is -0.309 e. The molecular formula is C13H19F2N. The Morgan fingerprint density at radius 3 is 2.19 bits per heavy atom. The Balaban J connectivity index is 2.84. The summed E-state index contributed by atoms with van der Waals surface area (Å²) in [5.74, 6) is 0. The van der Waals surface area contributed by atoms with E-state index in [9.17, 15) is 8.78 Å². The van der Waals surface area contributed by atoms with Crippen LogP contribution in [0.5, 0.6) is 0 Å². The molecule has 0 bridgehead atoms. The lowest BCUT2D eigenvalue weighted by molar-refractivity contribution is 0.0989. The number of halogens is 2. The van der Waals surface area contributed by atoms with E-state index in [0.29, 0.717) is 13.0 Å². The van der Waals surface area contributed by atoms with Crippen LogP contribution in [0.1, 0.15) is 23.6 Å². The number of benzene rings is 1. The number of alkyl halides is 2. The molecule has 0 aromatic heterocycles. The van der Waals surface area contributed by atoms with Crippen LogP contribution in [0.4, 0.5) is 8.78 Å². The number of hydrogen-bond donors (Lipinski definition) is 1. The molecule has 1 rings (SSSR count). The van der Waals surface area contributed by atoms with Gasteiger partial charge in [-0.25, -0.2) is 8.78 Å². The molecule has 0 aliphatic heterocycles. The lowest BCUT2D eigenvalue weighted by Crippen LogP contribution is -2.37. The van der Waals surface area contributed by atoms with Gasteiger partial charge in [0.05, 0.1) is 6.04 Å². The third kappa shape index (κ3) is 3.27. The van der Waals surface area contributed by atoms with Gasteiger partial charge in [0.25, 0.3) is 6.43 Å². The first-order chi connectivity index (χ1) is 7.56. The lowest BCUT2D eigenvalue weighted by atomic mass is 9.96. The minimum absolute atomic E-state index is 0.393. The zero-order chi connectivity index (χ0) is 12.1. The van der Waals surface area contributed by atoms with Gasteiger partial charge in [-0.2, -0.15) is 0 Å². The highest BCUT2D eigenvalue weighted by molar-refractivity contribution is 5.34. The molecule has 0 saturated carbocycles. The summed E-state index contributed by atoms with van der Waals surface area (Å²) in [6.45, 7) is 6.35. The second-order valence-corrected chi connectivity index (χ2v) is 4.07. The third-order valence-corrected chi connectivity index (χ3v) is 2.84. The predicted octanol–water partition coefficient (Wildman–Crippen LogP) is 3.09. The highest BCUT2D eigenvalue weighted by Crippen LogP contribution is 2.17. The Labute approximate surface area is 95.9 Å². The summed E-state index contributed by atoms with van der Waals surface area (Å²) < 4.78 is 25.5. The van der Waals surface area contributed by atoms with E-state index in [1.54, 1.807) is 0 Å². The second kappa shape index (κ2) is 5.94. The number of aryl methyl sites for hydroxylation is 2. The molecule has 1 aromatic carbocycles. The highest BCUT2D eigenvalue weighted by atomic mass is 19.3. The first-order valence-corrected chi connectivity index (χ1v) is 5.62. The molecule has 0 radical (unpaired) electrons. The molecule has 0 fully saturated rings. The molecule has 1 atom stereocenters. The van der Waals surface area contributed by atoms with Crippen LogP contribution in [-0.2, 0) is 6.42 Å². The van der Waals surface area contributed by atoms with Crippen LogP contribution in [-0.4, -0.2) is 19.0 Å². The number of rotatable bonds is 5. The smallest absolute Gasteiger partial charge is 0.254 e. The molecule has 0 aliphatic rings. The van der Waals surface area contributed by atoms with Crippen LogP contribution in [0.3, 0.4) is 0 Å². The number of nitrogens with one attached hydrogen (secondary N) is 1. The van der Waals surface area contributed by atoms with Gasteiger partial charge in [0.15, 0.2) is 0 Å². The van der Waals surface area contributed by atoms with E-state index in [0.717, 1.165) is 16.7 Å². The summed E-state index contributed by atoms with van der Waals surface area (Å²) in [6.07, 6.45) is -1.93. The Morgan fingerprint density at radius 2 is 1.75 bits per heavy atom. The molecule has 0 saturated heterocycles. The van der Waals surface area contributed by atoms with Crippen molar-refractivity contribution in [1.29, 1.82) is 0 Å². The maximum Gasteiger partial charge on any atom is 0.254 e. The maximum absolute atomic E-state index is 12.8. The van der Waals surface area contributed by atoms with Crippen molar-refractivity contribution in [3.63, 3.8) is 0 Å². The summed E-state index contributed by atoms with van der Waals surface area (Å²) in [7, 11) is 0. The monoisotopic (exact) mass is 227 g/mol. The average Bonchev–Trinajstić information content (AvgIpc) is 2.21. The molecule has 3 heteroatoms. The molecular weight excluding hydrogens is 208 g/mol. The zero-order valence-corrected chi connectivity index (χ0v) is 10.1. The van der Waals surface area contributed by atoms with E-state index in [2.05, 4.69) is 5.32 Å². The highest BCUT2D eigenvalue weighted by Gasteiger charge is 2.20. The van der Waals surface area contributed by atoms with E-state index in [1.807, 2.05) is 39.0 Å². The van der Waals surface area contributed by atoms with E-state index < -0.39 is 12.5 Å². The second-order valence-electron chi connectivity index (χ2n) is 4.07. The van der Waals surface area contributed by atoms with E-state index in [1.165, 1.54) is 0 Å². The standard InChI is InChI=1S/C13H19F2N/c1-4-16-12(13(14)15)8-11-9(2)6-5-7-10(11)3/h5-7,12-13,16H,4,8H2,1-3H3. The van der Waals surface area contributed by atoms with Crippen LogP contribution in [0.25, 0.3) is 0 Å². The van der Waals surface area contributed by atoms with Crippen molar-refractivity contribution in [2.24, 2.45) is 0 Å². The van der Waals surface area contributed by atoms with Crippen LogP contribution < -0.4 is 5.32 Å². The molecule has 0 heterocycles. The van der Waals surface area contributed by atoms with Crippen molar-refractivity contribution in [2.75, 3.05) is 6.54 Å². The van der Waals surface area contributed by atoms with Crippen molar-refractivity contribution >= 4 is 0 Å². The van der Waals surface area contributed by atoms with Gasteiger partial charge in [-0.3, -0.25) is 0 Å².